The molecule has 7 nitrogen and oxygen atoms in total. The predicted octanol–water partition coefficient (Wildman–Crippen LogP) is 2.76. The van der Waals surface area contributed by atoms with E-state index in [1.54, 1.807) is 42.5 Å². The van der Waals surface area contributed by atoms with E-state index in [1.807, 2.05) is 13.8 Å². The fourth-order valence-electron chi connectivity index (χ4n) is 2.22. The van der Waals surface area contributed by atoms with Crippen LogP contribution in [-0.4, -0.2) is 30.1 Å². The molecule has 0 saturated heterocycles. The summed E-state index contributed by atoms with van der Waals surface area (Å²) in [4.78, 5) is 24.2. The number of halogens is 1. The highest BCUT2D eigenvalue weighted by Crippen LogP contribution is 2.21. The number of carbonyl (C=O) groups excluding carboxylic acids is 2. The Hall–Kier alpha value is -2.84. The van der Waals surface area contributed by atoms with Crippen molar-refractivity contribution in [3.63, 3.8) is 0 Å². The maximum atomic E-state index is 12.3. The second kappa shape index (κ2) is 10.5. The molecule has 2 rings (SSSR count). The highest BCUT2D eigenvalue weighted by Gasteiger charge is 2.13. The summed E-state index contributed by atoms with van der Waals surface area (Å²) in [6.45, 7) is 3.83. The Labute approximate surface area is 173 Å². The van der Waals surface area contributed by atoms with E-state index in [4.69, 9.17) is 33.3 Å². The second-order valence-corrected chi connectivity index (χ2v) is 6.43. The topological polar surface area (TPSA) is 88.7 Å². The minimum absolute atomic E-state index is 0.0627. The zero-order valence-electron chi connectivity index (χ0n) is 15.4. The molecule has 0 radical (unpaired) electrons. The molecule has 2 amide bonds. The van der Waals surface area contributed by atoms with Gasteiger partial charge in [0.25, 0.3) is 11.8 Å². The number of benzene rings is 2. The average Bonchev–Trinajstić information content (AvgIpc) is 2.66. The van der Waals surface area contributed by atoms with Crippen LogP contribution in [0.2, 0.25) is 5.02 Å². The van der Waals surface area contributed by atoms with Gasteiger partial charge < -0.3 is 9.47 Å². The van der Waals surface area contributed by atoms with Gasteiger partial charge in [-0.3, -0.25) is 25.8 Å². The Morgan fingerprint density at radius 1 is 1.07 bits per heavy atom. The van der Waals surface area contributed by atoms with Crippen molar-refractivity contribution in [2.75, 3.05) is 13.2 Å². The minimum Gasteiger partial charge on any atom is -0.493 e. The van der Waals surface area contributed by atoms with Crippen LogP contribution in [0.5, 0.6) is 11.5 Å². The molecule has 0 unspecified atom stereocenters. The molecule has 9 heteroatoms. The smallest absolute Gasteiger partial charge is 0.276 e. The van der Waals surface area contributed by atoms with Gasteiger partial charge in [-0.2, -0.15) is 0 Å². The van der Waals surface area contributed by atoms with Gasteiger partial charge in [-0.15, -0.1) is 0 Å². The summed E-state index contributed by atoms with van der Waals surface area (Å²) in [5.41, 5.74) is 5.95. The van der Waals surface area contributed by atoms with E-state index in [-0.39, 0.29) is 11.7 Å². The van der Waals surface area contributed by atoms with E-state index >= 15 is 0 Å². The Morgan fingerprint density at radius 2 is 1.82 bits per heavy atom. The molecule has 0 aliphatic heterocycles. The van der Waals surface area contributed by atoms with Crippen molar-refractivity contribution in [3.05, 3.63) is 58.6 Å². The molecule has 0 spiro atoms. The molecular formula is C19H20ClN3O4S. The summed E-state index contributed by atoms with van der Waals surface area (Å²) in [6, 6.07) is 11.9. The fraction of sp³-hybridized carbons (Fsp3) is 0.211. The van der Waals surface area contributed by atoms with Gasteiger partial charge in [-0.25, -0.2) is 0 Å². The van der Waals surface area contributed by atoms with E-state index in [0.717, 1.165) is 5.56 Å². The van der Waals surface area contributed by atoms with Gasteiger partial charge in [0, 0.05) is 5.02 Å². The molecule has 0 bridgehead atoms. The fourth-order valence-corrected chi connectivity index (χ4v) is 2.59. The number of para-hydroxylation sites is 1. The number of hydrogen-bond acceptors (Lipinski definition) is 5. The molecule has 0 aliphatic rings. The summed E-state index contributed by atoms with van der Waals surface area (Å²) in [5.74, 6) is 0.0635. The van der Waals surface area contributed by atoms with Gasteiger partial charge in [0.1, 0.15) is 11.5 Å². The number of carbonyl (C=O) groups is 2. The van der Waals surface area contributed by atoms with Gasteiger partial charge in [0.05, 0.1) is 12.2 Å². The molecule has 2 aromatic rings. The number of thiocarbonyl (C=S) groups is 1. The number of amides is 2. The summed E-state index contributed by atoms with van der Waals surface area (Å²) in [6.07, 6.45) is 0. The van der Waals surface area contributed by atoms with E-state index in [0.29, 0.717) is 28.7 Å². The van der Waals surface area contributed by atoms with Crippen LogP contribution in [0, 0.1) is 6.92 Å². The predicted molar refractivity (Wildman–Crippen MR) is 111 cm³/mol. The standard InChI is InChI=1S/C19H20ClN3O4S/c1-3-26-16-7-5-4-6-14(16)18(25)21-19(28)23-22-17(24)11-27-15-9-8-13(20)10-12(15)2/h4-10H,3,11H2,1-2H3,(H,22,24)(H2,21,23,25,28). The zero-order chi connectivity index (χ0) is 20.5. The van der Waals surface area contributed by atoms with Crippen molar-refractivity contribution in [3.8, 4) is 11.5 Å². The highest BCUT2D eigenvalue weighted by molar-refractivity contribution is 7.80. The molecular weight excluding hydrogens is 402 g/mol. The summed E-state index contributed by atoms with van der Waals surface area (Å²) >= 11 is 10.9. The van der Waals surface area contributed by atoms with E-state index in [9.17, 15) is 9.59 Å². The lowest BCUT2D eigenvalue weighted by molar-refractivity contribution is -0.123. The van der Waals surface area contributed by atoms with Gasteiger partial charge >= 0.3 is 0 Å². The minimum atomic E-state index is -0.472. The first-order valence-electron chi connectivity index (χ1n) is 8.41. The first-order valence-corrected chi connectivity index (χ1v) is 9.20. The third kappa shape index (κ3) is 6.40. The lowest BCUT2D eigenvalue weighted by Gasteiger charge is -2.13. The molecule has 148 valence electrons. The number of hydrazine groups is 1. The highest BCUT2D eigenvalue weighted by atomic mass is 35.5. The molecule has 3 N–H and O–H groups in total. The summed E-state index contributed by atoms with van der Waals surface area (Å²) in [5, 5.41) is 2.99. The van der Waals surface area contributed by atoms with Crippen LogP contribution < -0.4 is 25.6 Å². The zero-order valence-corrected chi connectivity index (χ0v) is 16.9. The first-order chi connectivity index (χ1) is 13.4. The van der Waals surface area contributed by atoms with Crippen LogP contribution in [0.15, 0.2) is 42.5 Å². The average molecular weight is 422 g/mol. The largest absolute Gasteiger partial charge is 0.493 e. The van der Waals surface area contributed by atoms with Gasteiger partial charge in [-0.05, 0) is 62.0 Å². The maximum Gasteiger partial charge on any atom is 0.276 e. The van der Waals surface area contributed by atoms with Crippen molar-refractivity contribution < 1.29 is 19.1 Å². The number of hydrogen-bond donors (Lipinski definition) is 3. The second-order valence-electron chi connectivity index (χ2n) is 5.58. The van der Waals surface area contributed by atoms with Gasteiger partial charge in [-0.1, -0.05) is 23.7 Å². The van der Waals surface area contributed by atoms with Crippen molar-refractivity contribution in [2.24, 2.45) is 0 Å². The monoisotopic (exact) mass is 421 g/mol. The molecule has 28 heavy (non-hydrogen) atoms. The molecule has 0 aliphatic carbocycles. The quantitative estimate of drug-likeness (QED) is 0.491. The molecule has 0 saturated carbocycles. The van der Waals surface area contributed by atoms with Crippen LogP contribution in [0.25, 0.3) is 0 Å². The molecule has 2 aromatic carbocycles. The van der Waals surface area contributed by atoms with Crippen molar-refractivity contribution >= 4 is 40.7 Å². The number of nitrogens with one attached hydrogen (secondary N) is 3. The van der Waals surface area contributed by atoms with Crippen LogP contribution in [0.1, 0.15) is 22.8 Å². The van der Waals surface area contributed by atoms with E-state index in [1.165, 1.54) is 0 Å². The van der Waals surface area contributed by atoms with Crippen molar-refractivity contribution in [2.45, 2.75) is 13.8 Å². The number of aryl methyl sites for hydroxylation is 1. The molecule has 0 atom stereocenters. The van der Waals surface area contributed by atoms with Crippen LogP contribution in [-0.2, 0) is 4.79 Å². The molecule has 0 fully saturated rings. The van der Waals surface area contributed by atoms with Gasteiger partial charge in [0.15, 0.2) is 11.7 Å². The third-order valence-corrected chi connectivity index (χ3v) is 3.91. The van der Waals surface area contributed by atoms with Crippen molar-refractivity contribution in [1.82, 2.24) is 16.2 Å². The first kappa shape index (κ1) is 21.5. The Bertz CT molecular complexity index is 876. The molecule has 0 aromatic heterocycles. The Balaban J connectivity index is 1.80. The number of rotatable bonds is 6. The summed E-state index contributed by atoms with van der Waals surface area (Å²) < 4.78 is 10.8. The molecule has 0 heterocycles. The summed E-state index contributed by atoms with van der Waals surface area (Å²) in [7, 11) is 0. The lowest BCUT2D eigenvalue weighted by Crippen LogP contribution is -2.49. The van der Waals surface area contributed by atoms with Gasteiger partial charge in [0.2, 0.25) is 0 Å². The Morgan fingerprint density at radius 3 is 2.54 bits per heavy atom. The van der Waals surface area contributed by atoms with Crippen LogP contribution in [0.3, 0.4) is 0 Å². The normalized spacial score (nSPS) is 9.96. The van der Waals surface area contributed by atoms with Crippen LogP contribution >= 0.6 is 23.8 Å². The van der Waals surface area contributed by atoms with Crippen molar-refractivity contribution in [1.29, 1.82) is 0 Å². The third-order valence-electron chi connectivity index (χ3n) is 3.47. The van der Waals surface area contributed by atoms with E-state index in [2.05, 4.69) is 16.2 Å². The maximum absolute atomic E-state index is 12.3. The number of ether oxygens (including phenoxy) is 2. The van der Waals surface area contributed by atoms with E-state index < -0.39 is 11.8 Å². The SMILES string of the molecule is CCOc1ccccc1C(=O)NC(=S)NNC(=O)COc1ccc(Cl)cc1C. The lowest BCUT2D eigenvalue weighted by atomic mass is 10.2. The van der Waals surface area contributed by atoms with Crippen LogP contribution in [0.4, 0.5) is 0 Å². The Kier molecular flexibility index (Phi) is 8.03.